The second-order valence-electron chi connectivity index (χ2n) is 7.82. The summed E-state index contributed by atoms with van der Waals surface area (Å²) < 4.78 is 10.7. The average molecular weight is 615 g/mol. The van der Waals surface area contributed by atoms with Crippen molar-refractivity contribution in [1.82, 2.24) is 15.3 Å². The molecule has 0 aromatic heterocycles. The highest BCUT2D eigenvalue weighted by Gasteiger charge is 2.38. The van der Waals surface area contributed by atoms with Crippen LogP contribution in [0.4, 0.5) is 0 Å². The van der Waals surface area contributed by atoms with Gasteiger partial charge < -0.3 is 19.9 Å². The number of nitrogens with one attached hydrogen (secondary N) is 1. The average Bonchev–Trinajstić information content (AvgIpc) is 3.48. The summed E-state index contributed by atoms with van der Waals surface area (Å²) in [6.45, 7) is 5.26. The zero-order valence-corrected chi connectivity index (χ0v) is 24.2. The number of ether oxygens (including phenoxy) is 2. The zero-order valence-electron chi connectivity index (χ0n) is 20.4. The van der Waals surface area contributed by atoms with Crippen molar-refractivity contribution in [2.75, 3.05) is 71.9 Å². The molecule has 0 atom stereocenters. The molecule has 2 fully saturated rings. The van der Waals surface area contributed by atoms with E-state index in [0.29, 0.717) is 5.11 Å². The van der Waals surface area contributed by atoms with Gasteiger partial charge in [-0.15, -0.1) is 0 Å². The highest BCUT2D eigenvalue weighted by molar-refractivity contribution is 14.1. The monoisotopic (exact) mass is 614 g/mol. The molecule has 4 rings (SSSR count). The Hall–Kier alpha value is -0.540. The molecule has 9 nitrogen and oxygen atoms in total. The molecule has 4 aliphatic rings. The Labute approximate surface area is 221 Å². The first-order valence-electron chi connectivity index (χ1n) is 10.9. The van der Waals surface area contributed by atoms with Crippen LogP contribution in [-0.2, 0) is 9.47 Å². The van der Waals surface area contributed by atoms with Gasteiger partial charge in [-0.2, -0.15) is 10.2 Å². The second-order valence-corrected chi connectivity index (χ2v) is 8.98. The minimum atomic E-state index is 0.208. The van der Waals surface area contributed by atoms with Crippen LogP contribution in [0.15, 0.2) is 15.2 Å². The Morgan fingerprint density at radius 3 is 1.82 bits per heavy atom. The first kappa shape index (κ1) is 30.5. The van der Waals surface area contributed by atoms with E-state index in [-0.39, 0.29) is 10.8 Å². The number of alkyl halides is 1. The van der Waals surface area contributed by atoms with Crippen molar-refractivity contribution in [1.29, 1.82) is 0 Å². The Morgan fingerprint density at radius 2 is 1.42 bits per heavy atom. The molecule has 12 heteroatoms. The number of hydrogen-bond donors (Lipinski definition) is 2. The Balaban J connectivity index is 0.000000288. The van der Waals surface area contributed by atoms with Gasteiger partial charge in [0.15, 0.2) is 10.3 Å². The number of thioether (sulfide) groups is 1. The third kappa shape index (κ3) is 8.88. The third-order valence-corrected chi connectivity index (χ3v) is 7.06. The molecule has 0 unspecified atom stereocenters. The molecule has 0 aromatic carbocycles. The smallest absolute Gasteiger partial charge is 0.189 e. The fourth-order valence-corrected chi connectivity index (χ4v) is 4.57. The van der Waals surface area contributed by atoms with Crippen LogP contribution >= 0.6 is 46.6 Å². The number of amidine groups is 1. The Morgan fingerprint density at radius 1 is 1.00 bits per heavy atom. The molecule has 0 amide bonds. The van der Waals surface area contributed by atoms with Gasteiger partial charge in [0.25, 0.3) is 0 Å². The first-order valence-corrected chi connectivity index (χ1v) is 14.7. The normalized spacial score (nSPS) is 22.1. The molecule has 0 bridgehead atoms. The number of thiocarbonyl (C=S) groups is 1. The van der Waals surface area contributed by atoms with Crippen molar-refractivity contribution < 1.29 is 14.6 Å². The molecule has 4 aliphatic heterocycles. The number of hydrogen-bond acceptors (Lipinski definition) is 8. The highest BCUT2D eigenvalue weighted by Crippen LogP contribution is 2.34. The summed E-state index contributed by atoms with van der Waals surface area (Å²) in [5, 5.41) is 24.3. The van der Waals surface area contributed by atoms with Gasteiger partial charge in [0.2, 0.25) is 0 Å². The van der Waals surface area contributed by atoms with E-state index in [1.165, 1.54) is 0 Å². The lowest BCUT2D eigenvalue weighted by Gasteiger charge is -2.31. The molecule has 2 saturated heterocycles. The lowest BCUT2D eigenvalue weighted by Crippen LogP contribution is -2.40. The minimum absolute atomic E-state index is 0.208. The number of aliphatic hydroxyl groups is 1. The first-order chi connectivity index (χ1) is 16.1. The lowest BCUT2D eigenvalue weighted by atomic mass is 9.82. The number of aliphatic imine (C=N–C) groups is 1. The van der Waals surface area contributed by atoms with Crippen LogP contribution in [0.5, 0.6) is 0 Å². The van der Waals surface area contributed by atoms with Crippen LogP contribution in [0.2, 0.25) is 0 Å². The van der Waals surface area contributed by atoms with Gasteiger partial charge in [0, 0.05) is 70.9 Å². The highest BCUT2D eigenvalue weighted by atomic mass is 127. The van der Waals surface area contributed by atoms with E-state index in [1.807, 2.05) is 41.5 Å². The molecule has 2 spiro atoms. The maximum atomic E-state index is 7.00. The van der Waals surface area contributed by atoms with Crippen molar-refractivity contribution in [2.24, 2.45) is 26.0 Å². The fourth-order valence-electron chi connectivity index (χ4n) is 3.96. The standard InChI is InChI=1S/C10H17N3OS.C9H15N3OS.CH3I.CH4O/c1-11-9(15-2)13-8-10(7-12-13)3-5-14-6-4-10;1-10-8(14)12-7-9(6-11-12)2-4-13-5-3-9;2*1-2/h7H,3-6,8H2,1-2H3;6H,2-5,7H2,1H3,(H,10,14);1H3;2H,1H3. The molecule has 0 radical (unpaired) electrons. The molecule has 2 N–H and O–H groups in total. The summed E-state index contributed by atoms with van der Waals surface area (Å²) in [5.74, 6) is 0. The fraction of sp³-hybridized carbons (Fsp3) is 0.810. The lowest BCUT2D eigenvalue weighted by molar-refractivity contribution is 0.0454. The third-order valence-electron chi connectivity index (χ3n) is 5.89. The summed E-state index contributed by atoms with van der Waals surface area (Å²) in [6, 6.07) is 0. The van der Waals surface area contributed by atoms with Crippen molar-refractivity contribution >= 4 is 69.3 Å². The molecular weight excluding hydrogens is 575 g/mol. The summed E-state index contributed by atoms with van der Waals surface area (Å²) in [6.07, 6.45) is 10.4. The largest absolute Gasteiger partial charge is 0.400 e. The number of halogens is 1. The van der Waals surface area contributed by atoms with E-state index in [9.17, 15) is 0 Å². The van der Waals surface area contributed by atoms with E-state index >= 15 is 0 Å². The number of rotatable bonds is 0. The molecule has 4 heterocycles. The van der Waals surface area contributed by atoms with Crippen molar-refractivity contribution in [3.63, 3.8) is 0 Å². The summed E-state index contributed by atoms with van der Waals surface area (Å²) in [5.41, 5.74) is 0.448. The molecule has 33 heavy (non-hydrogen) atoms. The number of hydrazone groups is 2. The van der Waals surface area contributed by atoms with E-state index in [4.69, 9.17) is 26.8 Å². The molecule has 190 valence electrons. The van der Waals surface area contributed by atoms with Gasteiger partial charge in [0.1, 0.15) is 0 Å². The van der Waals surface area contributed by atoms with Gasteiger partial charge in [-0.05, 0) is 49.1 Å². The predicted octanol–water partition coefficient (Wildman–Crippen LogP) is 2.68. The van der Waals surface area contributed by atoms with E-state index in [0.717, 1.165) is 77.5 Å². The van der Waals surface area contributed by atoms with Crippen LogP contribution in [0.1, 0.15) is 25.7 Å². The second kappa shape index (κ2) is 16.2. The Bertz CT molecular complexity index is 668. The van der Waals surface area contributed by atoms with Gasteiger partial charge in [-0.25, -0.2) is 10.0 Å². The summed E-state index contributed by atoms with van der Waals surface area (Å²) in [7, 11) is 4.64. The molecule has 0 aromatic rings. The van der Waals surface area contributed by atoms with Crippen molar-refractivity contribution in [3.05, 3.63) is 0 Å². The minimum Gasteiger partial charge on any atom is -0.400 e. The van der Waals surface area contributed by atoms with Crippen LogP contribution in [-0.4, -0.2) is 110 Å². The maximum absolute atomic E-state index is 7.00. The SMILES string of the molecule is CI.CN=C(SC)N1CC2(C=N1)CCOCC2.CNC(=S)N1CC2(C=N1)CCOCC2.CO. The van der Waals surface area contributed by atoms with Gasteiger partial charge >= 0.3 is 0 Å². The van der Waals surface area contributed by atoms with Crippen LogP contribution < -0.4 is 5.32 Å². The topological polar surface area (TPSA) is 94.3 Å². The van der Waals surface area contributed by atoms with Crippen molar-refractivity contribution in [2.45, 2.75) is 25.7 Å². The van der Waals surface area contributed by atoms with Gasteiger partial charge in [-0.3, -0.25) is 4.99 Å². The van der Waals surface area contributed by atoms with E-state index < -0.39 is 0 Å². The molecule has 0 aliphatic carbocycles. The van der Waals surface area contributed by atoms with Crippen LogP contribution in [0, 0.1) is 10.8 Å². The predicted molar refractivity (Wildman–Crippen MR) is 152 cm³/mol. The number of aliphatic hydroxyl groups excluding tert-OH is 1. The van der Waals surface area contributed by atoms with Crippen molar-refractivity contribution in [3.8, 4) is 0 Å². The maximum Gasteiger partial charge on any atom is 0.189 e. The summed E-state index contributed by atoms with van der Waals surface area (Å²) >= 11 is 8.93. The molecule has 0 saturated carbocycles. The van der Waals surface area contributed by atoms with Gasteiger partial charge in [0.05, 0.1) is 13.1 Å². The van der Waals surface area contributed by atoms with Crippen LogP contribution in [0.25, 0.3) is 0 Å². The number of nitrogens with zero attached hydrogens (tertiary/aromatic N) is 5. The van der Waals surface area contributed by atoms with Gasteiger partial charge in [-0.1, -0.05) is 34.4 Å². The molecular formula is C21H39IN6O3S2. The quantitative estimate of drug-likeness (QED) is 0.142. The van der Waals surface area contributed by atoms with E-state index in [1.54, 1.807) is 11.8 Å². The van der Waals surface area contributed by atoms with Crippen LogP contribution in [0.3, 0.4) is 0 Å². The summed E-state index contributed by atoms with van der Waals surface area (Å²) in [4.78, 5) is 6.20. The van der Waals surface area contributed by atoms with E-state index in [2.05, 4.69) is 49.3 Å². The Kier molecular flexibility index (Phi) is 15.0. The zero-order chi connectivity index (χ0) is 24.7.